The van der Waals surface area contributed by atoms with Gasteiger partial charge in [-0.05, 0) is 25.3 Å². The van der Waals surface area contributed by atoms with Crippen LogP contribution in [0.1, 0.15) is 38.4 Å². The van der Waals surface area contributed by atoms with E-state index in [1.165, 1.54) is 16.2 Å². The minimum Gasteiger partial charge on any atom is -0.390 e. The zero-order valence-electron chi connectivity index (χ0n) is 11.5. The fourth-order valence-corrected chi connectivity index (χ4v) is 3.37. The molecule has 104 valence electrons. The standard InChI is InChI=1S/C13H19N3O2S/c1-8-9(12(17)16-6-4-5-7-16)11(14)19-10(8)13(18)15(2)3/h4-7,14H2,1-3H3. The lowest BCUT2D eigenvalue weighted by atomic mass is 10.1. The Morgan fingerprint density at radius 1 is 1.26 bits per heavy atom. The van der Waals surface area contributed by atoms with Crippen LogP contribution >= 0.6 is 11.3 Å². The first-order valence-corrected chi connectivity index (χ1v) is 7.15. The summed E-state index contributed by atoms with van der Waals surface area (Å²) in [4.78, 5) is 28.3. The van der Waals surface area contributed by atoms with E-state index >= 15 is 0 Å². The smallest absolute Gasteiger partial charge is 0.263 e. The number of carbonyl (C=O) groups is 2. The Morgan fingerprint density at radius 3 is 2.37 bits per heavy atom. The summed E-state index contributed by atoms with van der Waals surface area (Å²) >= 11 is 1.20. The van der Waals surface area contributed by atoms with Gasteiger partial charge in [0, 0.05) is 27.2 Å². The first-order valence-electron chi connectivity index (χ1n) is 6.33. The van der Waals surface area contributed by atoms with Crippen LogP contribution in [0.15, 0.2) is 0 Å². The van der Waals surface area contributed by atoms with Crippen LogP contribution in [0.3, 0.4) is 0 Å². The van der Waals surface area contributed by atoms with E-state index in [0.29, 0.717) is 21.0 Å². The SMILES string of the molecule is Cc1c(C(=O)N(C)C)sc(N)c1C(=O)N1CCCC1. The summed E-state index contributed by atoms with van der Waals surface area (Å²) in [5.74, 6) is -0.142. The van der Waals surface area contributed by atoms with Crippen molar-refractivity contribution >= 4 is 28.2 Å². The van der Waals surface area contributed by atoms with Crippen LogP contribution in [0, 0.1) is 6.92 Å². The molecule has 6 heteroatoms. The number of amides is 2. The zero-order chi connectivity index (χ0) is 14.2. The lowest BCUT2D eigenvalue weighted by Crippen LogP contribution is -2.28. The third-order valence-electron chi connectivity index (χ3n) is 3.38. The number of nitrogens with zero attached hydrogens (tertiary/aromatic N) is 2. The van der Waals surface area contributed by atoms with Gasteiger partial charge in [-0.1, -0.05) is 0 Å². The van der Waals surface area contributed by atoms with Gasteiger partial charge in [0.15, 0.2) is 0 Å². The second kappa shape index (κ2) is 5.21. The van der Waals surface area contributed by atoms with E-state index in [1.807, 2.05) is 4.90 Å². The number of hydrogen-bond donors (Lipinski definition) is 1. The molecular formula is C13H19N3O2S. The number of anilines is 1. The molecule has 0 bridgehead atoms. The predicted molar refractivity (Wildman–Crippen MR) is 76.6 cm³/mol. The summed E-state index contributed by atoms with van der Waals surface area (Å²) in [6, 6.07) is 0. The minimum atomic E-state index is -0.102. The first-order chi connectivity index (χ1) is 8.93. The number of thiophene rings is 1. The van der Waals surface area contributed by atoms with Crippen LogP contribution in [-0.4, -0.2) is 48.8 Å². The first kappa shape index (κ1) is 13.9. The van der Waals surface area contributed by atoms with E-state index in [4.69, 9.17) is 5.73 Å². The van der Waals surface area contributed by atoms with Crippen LogP contribution in [-0.2, 0) is 0 Å². The lowest BCUT2D eigenvalue weighted by molar-refractivity contribution is 0.0793. The molecule has 2 N–H and O–H groups in total. The summed E-state index contributed by atoms with van der Waals surface area (Å²) in [6.07, 6.45) is 2.08. The van der Waals surface area contributed by atoms with E-state index in [0.717, 1.165) is 25.9 Å². The highest BCUT2D eigenvalue weighted by molar-refractivity contribution is 7.18. The summed E-state index contributed by atoms with van der Waals surface area (Å²) in [6.45, 7) is 3.36. The van der Waals surface area contributed by atoms with Gasteiger partial charge in [0.25, 0.3) is 11.8 Å². The molecule has 19 heavy (non-hydrogen) atoms. The van der Waals surface area contributed by atoms with Gasteiger partial charge < -0.3 is 15.5 Å². The van der Waals surface area contributed by atoms with Crippen molar-refractivity contribution in [2.75, 3.05) is 32.9 Å². The Morgan fingerprint density at radius 2 is 1.84 bits per heavy atom. The Labute approximate surface area is 117 Å². The molecule has 1 aliphatic heterocycles. The average Bonchev–Trinajstić information content (AvgIpc) is 2.96. The van der Waals surface area contributed by atoms with Gasteiger partial charge in [-0.15, -0.1) is 11.3 Å². The molecule has 0 aromatic carbocycles. The van der Waals surface area contributed by atoms with Gasteiger partial charge in [-0.2, -0.15) is 0 Å². The Hall–Kier alpha value is -1.56. The zero-order valence-corrected chi connectivity index (χ0v) is 12.3. The molecule has 2 amide bonds. The summed E-state index contributed by atoms with van der Waals surface area (Å²) in [5.41, 5.74) is 7.17. The molecular weight excluding hydrogens is 262 g/mol. The monoisotopic (exact) mass is 281 g/mol. The highest BCUT2D eigenvalue weighted by Gasteiger charge is 2.28. The van der Waals surface area contributed by atoms with Crippen molar-refractivity contribution in [1.29, 1.82) is 0 Å². The Balaban J connectivity index is 2.36. The van der Waals surface area contributed by atoms with Crippen molar-refractivity contribution in [3.8, 4) is 0 Å². The Kier molecular flexibility index (Phi) is 3.80. The molecule has 1 fully saturated rings. The quantitative estimate of drug-likeness (QED) is 0.895. The van der Waals surface area contributed by atoms with Crippen LogP contribution < -0.4 is 5.73 Å². The molecule has 0 radical (unpaired) electrons. The molecule has 0 unspecified atom stereocenters. The molecule has 5 nitrogen and oxygen atoms in total. The van der Waals surface area contributed by atoms with Gasteiger partial charge in [0.1, 0.15) is 0 Å². The molecule has 0 saturated carbocycles. The fourth-order valence-electron chi connectivity index (χ4n) is 2.29. The van der Waals surface area contributed by atoms with Crippen molar-refractivity contribution in [2.24, 2.45) is 0 Å². The lowest BCUT2D eigenvalue weighted by Gasteiger charge is -2.15. The third-order valence-corrected chi connectivity index (χ3v) is 4.49. The van der Waals surface area contributed by atoms with Crippen molar-refractivity contribution in [3.05, 3.63) is 16.0 Å². The van der Waals surface area contributed by atoms with Gasteiger partial charge in [0.05, 0.1) is 15.4 Å². The van der Waals surface area contributed by atoms with Gasteiger partial charge in [-0.3, -0.25) is 9.59 Å². The topological polar surface area (TPSA) is 66.6 Å². The highest BCUT2D eigenvalue weighted by atomic mass is 32.1. The van der Waals surface area contributed by atoms with Crippen LogP contribution in [0.4, 0.5) is 5.00 Å². The molecule has 0 atom stereocenters. The fraction of sp³-hybridized carbons (Fsp3) is 0.538. The average molecular weight is 281 g/mol. The molecule has 1 aliphatic rings. The maximum absolute atomic E-state index is 12.4. The van der Waals surface area contributed by atoms with Crippen molar-refractivity contribution < 1.29 is 9.59 Å². The third kappa shape index (κ3) is 2.45. The summed E-state index contributed by atoms with van der Waals surface area (Å²) < 4.78 is 0. The summed E-state index contributed by atoms with van der Waals surface area (Å²) in [5, 5.41) is 0.444. The van der Waals surface area contributed by atoms with Gasteiger partial charge in [0.2, 0.25) is 0 Å². The number of nitrogen functional groups attached to an aromatic ring is 1. The largest absolute Gasteiger partial charge is 0.390 e. The second-order valence-electron chi connectivity index (χ2n) is 4.99. The van der Waals surface area contributed by atoms with E-state index in [-0.39, 0.29) is 11.8 Å². The maximum Gasteiger partial charge on any atom is 0.263 e. The number of likely N-dealkylation sites (tertiary alicyclic amines) is 1. The normalized spacial score (nSPS) is 14.8. The molecule has 0 aliphatic carbocycles. The summed E-state index contributed by atoms with van der Waals surface area (Å²) in [7, 11) is 3.39. The van der Waals surface area contributed by atoms with Gasteiger partial charge in [-0.25, -0.2) is 0 Å². The number of nitrogens with two attached hydrogens (primary N) is 1. The number of rotatable bonds is 2. The molecule has 2 heterocycles. The van der Waals surface area contributed by atoms with Crippen LogP contribution in [0.5, 0.6) is 0 Å². The van der Waals surface area contributed by atoms with Crippen LogP contribution in [0.2, 0.25) is 0 Å². The molecule has 1 aromatic rings. The van der Waals surface area contributed by atoms with Crippen molar-refractivity contribution in [2.45, 2.75) is 19.8 Å². The van der Waals surface area contributed by atoms with E-state index in [2.05, 4.69) is 0 Å². The highest BCUT2D eigenvalue weighted by Crippen LogP contribution is 2.32. The second-order valence-corrected chi connectivity index (χ2v) is 6.05. The van der Waals surface area contributed by atoms with Crippen molar-refractivity contribution in [3.63, 3.8) is 0 Å². The van der Waals surface area contributed by atoms with Crippen molar-refractivity contribution in [1.82, 2.24) is 9.80 Å². The minimum absolute atomic E-state index is 0.0402. The predicted octanol–water partition coefficient (Wildman–Crippen LogP) is 1.58. The number of carbonyl (C=O) groups excluding carboxylic acids is 2. The van der Waals surface area contributed by atoms with E-state index in [9.17, 15) is 9.59 Å². The molecule has 2 rings (SSSR count). The molecule has 0 spiro atoms. The Bertz CT molecular complexity index is 516. The maximum atomic E-state index is 12.4. The van der Waals surface area contributed by atoms with Gasteiger partial charge >= 0.3 is 0 Å². The molecule has 1 aromatic heterocycles. The van der Waals surface area contributed by atoms with E-state index < -0.39 is 0 Å². The number of hydrogen-bond acceptors (Lipinski definition) is 4. The van der Waals surface area contributed by atoms with E-state index in [1.54, 1.807) is 21.0 Å². The van der Waals surface area contributed by atoms with Crippen LogP contribution in [0.25, 0.3) is 0 Å². The molecule has 1 saturated heterocycles.